The zero-order chi connectivity index (χ0) is 15.1. The smallest absolute Gasteiger partial charge is 0.338 e. The van der Waals surface area contributed by atoms with E-state index in [9.17, 15) is 9.59 Å². The average Bonchev–Trinajstić information content (AvgIpc) is 3.11. The second-order valence-corrected chi connectivity index (χ2v) is 6.13. The van der Waals surface area contributed by atoms with Crippen molar-refractivity contribution in [3.05, 3.63) is 64.5 Å². The molecule has 4 rings (SSSR count). The van der Waals surface area contributed by atoms with Gasteiger partial charge in [-0.25, -0.2) is 4.79 Å². The van der Waals surface area contributed by atoms with Gasteiger partial charge in [-0.3, -0.25) is 4.79 Å². The number of benzene rings is 2. The number of anilines is 1. The highest BCUT2D eigenvalue weighted by Gasteiger charge is 2.21. The lowest BCUT2D eigenvalue weighted by atomic mass is 10.1. The molecule has 22 heavy (non-hydrogen) atoms. The van der Waals surface area contributed by atoms with Crippen molar-refractivity contribution in [2.75, 3.05) is 5.32 Å². The lowest BCUT2D eigenvalue weighted by Gasteiger charge is -2.04. The molecule has 5 heteroatoms. The number of thiophene rings is 1. The highest BCUT2D eigenvalue weighted by Crippen LogP contribution is 2.27. The van der Waals surface area contributed by atoms with Crippen LogP contribution in [0, 0.1) is 0 Å². The Morgan fingerprint density at radius 2 is 2.00 bits per heavy atom. The molecule has 1 aromatic heterocycles. The van der Waals surface area contributed by atoms with Gasteiger partial charge in [0.2, 0.25) is 0 Å². The van der Waals surface area contributed by atoms with Crippen molar-refractivity contribution in [2.24, 2.45) is 0 Å². The molecular weight excluding hydrogens is 298 g/mol. The summed E-state index contributed by atoms with van der Waals surface area (Å²) in [6.07, 6.45) is 0. The Hall–Kier alpha value is -2.66. The first kappa shape index (κ1) is 13.0. The topological polar surface area (TPSA) is 55.4 Å². The summed E-state index contributed by atoms with van der Waals surface area (Å²) in [5, 5.41) is 3.88. The molecule has 0 bridgehead atoms. The maximum Gasteiger partial charge on any atom is 0.338 e. The summed E-state index contributed by atoms with van der Waals surface area (Å²) in [7, 11) is 0. The third-order valence-corrected chi connectivity index (χ3v) is 4.71. The molecule has 0 saturated heterocycles. The molecule has 2 heterocycles. The van der Waals surface area contributed by atoms with Crippen LogP contribution in [0.2, 0.25) is 0 Å². The van der Waals surface area contributed by atoms with Crippen molar-refractivity contribution < 1.29 is 14.3 Å². The van der Waals surface area contributed by atoms with Crippen molar-refractivity contribution in [3.63, 3.8) is 0 Å². The van der Waals surface area contributed by atoms with Crippen LogP contribution >= 0.6 is 11.3 Å². The maximum atomic E-state index is 12.3. The van der Waals surface area contributed by atoms with Crippen LogP contribution in [-0.4, -0.2) is 11.9 Å². The van der Waals surface area contributed by atoms with Crippen LogP contribution in [-0.2, 0) is 11.3 Å². The molecule has 3 aromatic rings. The van der Waals surface area contributed by atoms with Crippen molar-refractivity contribution >= 4 is 39.0 Å². The predicted octanol–water partition coefficient (Wildman–Crippen LogP) is 3.82. The van der Waals surface area contributed by atoms with E-state index < -0.39 is 0 Å². The molecule has 4 nitrogen and oxygen atoms in total. The van der Waals surface area contributed by atoms with Gasteiger partial charge >= 0.3 is 5.97 Å². The fraction of sp³-hybridized carbons (Fsp3) is 0.0588. The van der Waals surface area contributed by atoms with Gasteiger partial charge in [0.05, 0.1) is 10.4 Å². The molecule has 2 aromatic carbocycles. The third kappa shape index (κ3) is 2.16. The first-order chi connectivity index (χ1) is 10.7. The maximum absolute atomic E-state index is 12.3. The molecule has 0 radical (unpaired) electrons. The first-order valence-corrected chi connectivity index (χ1v) is 7.62. The fourth-order valence-electron chi connectivity index (χ4n) is 2.48. The molecule has 108 valence electrons. The Morgan fingerprint density at radius 3 is 2.86 bits per heavy atom. The Morgan fingerprint density at radius 1 is 1.14 bits per heavy atom. The summed E-state index contributed by atoms with van der Waals surface area (Å²) < 4.78 is 6.03. The van der Waals surface area contributed by atoms with Crippen molar-refractivity contribution in [1.29, 1.82) is 0 Å². The van der Waals surface area contributed by atoms with Crippen LogP contribution < -0.4 is 5.32 Å². The van der Waals surface area contributed by atoms with Crippen LogP contribution in [0.5, 0.6) is 0 Å². The van der Waals surface area contributed by atoms with E-state index in [-0.39, 0.29) is 11.9 Å². The standard InChI is InChI=1S/C17H11NO3S/c19-16(15-7-10-3-1-2-4-14(10)22-15)18-12-6-5-11-9-21-17(20)13(11)8-12/h1-8H,9H2,(H,18,19). The fourth-order valence-corrected chi connectivity index (χ4v) is 3.44. The lowest BCUT2D eigenvalue weighted by molar-refractivity contribution is 0.0535. The Kier molecular flexibility index (Phi) is 2.94. The van der Waals surface area contributed by atoms with Crippen LogP contribution in [0.15, 0.2) is 48.5 Å². The largest absolute Gasteiger partial charge is 0.457 e. The van der Waals surface area contributed by atoms with E-state index >= 15 is 0 Å². The minimum Gasteiger partial charge on any atom is -0.457 e. The van der Waals surface area contributed by atoms with Gasteiger partial charge in [-0.2, -0.15) is 0 Å². The van der Waals surface area contributed by atoms with Gasteiger partial charge in [-0.1, -0.05) is 24.3 Å². The number of hydrogen-bond donors (Lipinski definition) is 1. The van der Waals surface area contributed by atoms with E-state index in [1.807, 2.05) is 30.3 Å². The van der Waals surface area contributed by atoms with E-state index in [0.29, 0.717) is 22.7 Å². The first-order valence-electron chi connectivity index (χ1n) is 6.81. The van der Waals surface area contributed by atoms with E-state index in [0.717, 1.165) is 15.6 Å². The number of amides is 1. The summed E-state index contributed by atoms with van der Waals surface area (Å²) in [4.78, 5) is 24.5. The Balaban J connectivity index is 1.62. The van der Waals surface area contributed by atoms with Gasteiger partial charge in [0.15, 0.2) is 0 Å². The molecule has 0 fully saturated rings. The quantitative estimate of drug-likeness (QED) is 0.732. The molecule has 1 aliphatic rings. The van der Waals surface area contributed by atoms with Gasteiger partial charge < -0.3 is 10.1 Å². The number of fused-ring (bicyclic) bond motifs is 2. The summed E-state index contributed by atoms with van der Waals surface area (Å²) in [6, 6.07) is 15.0. The van der Waals surface area contributed by atoms with Crippen LogP contribution in [0.1, 0.15) is 25.6 Å². The van der Waals surface area contributed by atoms with E-state index in [2.05, 4.69) is 5.32 Å². The van der Waals surface area contributed by atoms with E-state index in [4.69, 9.17) is 4.74 Å². The number of carbonyl (C=O) groups excluding carboxylic acids is 2. The summed E-state index contributed by atoms with van der Waals surface area (Å²) in [5.41, 5.74) is 1.97. The van der Waals surface area contributed by atoms with Gasteiger partial charge in [0.1, 0.15) is 6.61 Å². The van der Waals surface area contributed by atoms with Crippen LogP contribution in [0.4, 0.5) is 5.69 Å². The number of nitrogens with one attached hydrogen (secondary N) is 1. The molecular formula is C17H11NO3S. The predicted molar refractivity (Wildman–Crippen MR) is 85.3 cm³/mol. The normalized spacial score (nSPS) is 13.0. The van der Waals surface area contributed by atoms with E-state index in [1.165, 1.54) is 11.3 Å². The molecule has 1 aliphatic heterocycles. The van der Waals surface area contributed by atoms with Crippen molar-refractivity contribution in [1.82, 2.24) is 0 Å². The van der Waals surface area contributed by atoms with Gasteiger partial charge in [0, 0.05) is 16.0 Å². The molecule has 0 aliphatic carbocycles. The minimum atomic E-state index is -0.340. The molecule has 1 N–H and O–H groups in total. The SMILES string of the molecule is O=C(Nc1ccc2c(c1)C(=O)OC2)c1cc2ccccc2s1. The molecule has 0 saturated carbocycles. The van der Waals surface area contributed by atoms with Crippen LogP contribution in [0.3, 0.4) is 0 Å². The summed E-state index contributed by atoms with van der Waals surface area (Å²) in [5.74, 6) is -0.513. The second kappa shape index (κ2) is 4.96. The highest BCUT2D eigenvalue weighted by molar-refractivity contribution is 7.20. The van der Waals surface area contributed by atoms with Gasteiger partial charge in [-0.05, 0) is 29.7 Å². The number of hydrogen-bond acceptors (Lipinski definition) is 4. The average molecular weight is 309 g/mol. The minimum absolute atomic E-state index is 0.174. The second-order valence-electron chi connectivity index (χ2n) is 5.05. The third-order valence-electron chi connectivity index (χ3n) is 3.60. The highest BCUT2D eigenvalue weighted by atomic mass is 32.1. The van der Waals surface area contributed by atoms with Crippen molar-refractivity contribution in [3.8, 4) is 0 Å². The Labute approximate surface area is 130 Å². The van der Waals surface area contributed by atoms with E-state index in [1.54, 1.807) is 18.2 Å². The number of ether oxygens (including phenoxy) is 1. The van der Waals surface area contributed by atoms with Crippen LogP contribution in [0.25, 0.3) is 10.1 Å². The zero-order valence-corrected chi connectivity index (χ0v) is 12.3. The monoisotopic (exact) mass is 309 g/mol. The summed E-state index contributed by atoms with van der Waals surface area (Å²) >= 11 is 1.45. The zero-order valence-electron chi connectivity index (χ0n) is 11.5. The number of carbonyl (C=O) groups is 2. The van der Waals surface area contributed by atoms with Crippen molar-refractivity contribution in [2.45, 2.75) is 6.61 Å². The lowest BCUT2D eigenvalue weighted by Crippen LogP contribution is -2.10. The van der Waals surface area contributed by atoms with Gasteiger partial charge in [0.25, 0.3) is 5.91 Å². The number of esters is 1. The summed E-state index contributed by atoms with van der Waals surface area (Å²) in [6.45, 7) is 0.304. The van der Waals surface area contributed by atoms with Gasteiger partial charge in [-0.15, -0.1) is 11.3 Å². The molecule has 0 unspecified atom stereocenters. The number of rotatable bonds is 2. The number of cyclic esters (lactones) is 1. The molecule has 0 atom stereocenters. The Bertz CT molecular complexity index is 880. The molecule has 1 amide bonds. The molecule has 0 spiro atoms.